The minimum atomic E-state index is -0.988. The van der Waals surface area contributed by atoms with Crippen LogP contribution in [0.5, 0.6) is 0 Å². The quantitative estimate of drug-likeness (QED) is 0.386. The second kappa shape index (κ2) is 6.90. The zero-order chi connectivity index (χ0) is 12.8. The molecule has 5 N–H and O–H groups in total. The monoisotopic (exact) mass is 246 g/mol. The van der Waals surface area contributed by atoms with E-state index in [2.05, 4.69) is 10.6 Å². The standard InChI is InChI=1S/C11H22N2O4/c1-2-3-4-9(15)12-5-7-10(16)11(17)8(6-14)13-7/h7-8,10-11,13-14,16-17H,2-6H2,1H3,(H,12,15)/t7?,8-,10-,11-/m1/s1. The van der Waals surface area contributed by atoms with Crippen LogP contribution in [-0.2, 0) is 4.79 Å². The summed E-state index contributed by atoms with van der Waals surface area (Å²) in [5.74, 6) is -0.0530. The van der Waals surface area contributed by atoms with Crippen LogP contribution in [-0.4, -0.2) is 58.7 Å². The molecule has 4 atom stereocenters. The van der Waals surface area contributed by atoms with E-state index in [1.807, 2.05) is 6.92 Å². The van der Waals surface area contributed by atoms with E-state index in [4.69, 9.17) is 5.11 Å². The van der Waals surface area contributed by atoms with Gasteiger partial charge in [0.05, 0.1) is 30.9 Å². The van der Waals surface area contributed by atoms with Crippen molar-refractivity contribution in [2.75, 3.05) is 13.2 Å². The number of aliphatic hydroxyl groups is 3. The van der Waals surface area contributed by atoms with Crippen molar-refractivity contribution >= 4 is 5.91 Å². The number of aliphatic hydroxyl groups excluding tert-OH is 3. The summed E-state index contributed by atoms with van der Waals surface area (Å²) in [5.41, 5.74) is 0. The van der Waals surface area contributed by atoms with Gasteiger partial charge in [0.2, 0.25) is 5.91 Å². The first-order chi connectivity index (χ1) is 8.10. The first-order valence-electron chi connectivity index (χ1n) is 6.09. The molecule has 1 amide bonds. The molecule has 100 valence electrons. The molecule has 0 bridgehead atoms. The summed E-state index contributed by atoms with van der Waals surface area (Å²) < 4.78 is 0. The van der Waals surface area contributed by atoms with Gasteiger partial charge in [-0.2, -0.15) is 0 Å². The summed E-state index contributed by atoms with van der Waals surface area (Å²) in [6.45, 7) is 2.04. The van der Waals surface area contributed by atoms with Crippen molar-refractivity contribution in [1.29, 1.82) is 0 Å². The fraction of sp³-hybridized carbons (Fsp3) is 0.909. The summed E-state index contributed by atoms with van der Waals surface area (Å²) in [5, 5.41) is 33.8. The number of hydrogen-bond acceptors (Lipinski definition) is 5. The van der Waals surface area contributed by atoms with Crippen LogP contribution in [0.15, 0.2) is 0 Å². The van der Waals surface area contributed by atoms with Gasteiger partial charge in [-0.15, -0.1) is 0 Å². The number of hydrogen-bond donors (Lipinski definition) is 5. The third kappa shape index (κ3) is 3.92. The van der Waals surface area contributed by atoms with Crippen LogP contribution in [0, 0.1) is 0 Å². The average Bonchev–Trinajstić information content (AvgIpc) is 2.61. The zero-order valence-corrected chi connectivity index (χ0v) is 10.1. The Balaban J connectivity index is 2.30. The van der Waals surface area contributed by atoms with E-state index in [1.165, 1.54) is 0 Å². The highest BCUT2D eigenvalue weighted by atomic mass is 16.3. The van der Waals surface area contributed by atoms with Gasteiger partial charge in [-0.1, -0.05) is 13.3 Å². The van der Waals surface area contributed by atoms with Crippen LogP contribution in [0.25, 0.3) is 0 Å². The van der Waals surface area contributed by atoms with Gasteiger partial charge in [0.1, 0.15) is 0 Å². The molecule has 0 aliphatic carbocycles. The van der Waals surface area contributed by atoms with E-state index in [0.717, 1.165) is 12.8 Å². The third-order valence-corrected chi connectivity index (χ3v) is 3.08. The molecule has 1 saturated heterocycles. The van der Waals surface area contributed by atoms with E-state index in [0.29, 0.717) is 6.42 Å². The Kier molecular flexibility index (Phi) is 5.84. The van der Waals surface area contributed by atoms with Gasteiger partial charge in [-0.05, 0) is 6.42 Å². The van der Waals surface area contributed by atoms with Crippen molar-refractivity contribution in [2.24, 2.45) is 0 Å². The summed E-state index contributed by atoms with van der Waals surface area (Å²) in [6.07, 6.45) is 0.332. The highest BCUT2D eigenvalue weighted by Gasteiger charge is 2.40. The van der Waals surface area contributed by atoms with Crippen LogP contribution in [0.2, 0.25) is 0 Å². The minimum Gasteiger partial charge on any atom is -0.395 e. The Hall–Kier alpha value is -0.690. The lowest BCUT2D eigenvalue weighted by Gasteiger charge is -2.16. The molecule has 1 aliphatic rings. The maximum atomic E-state index is 11.4. The van der Waals surface area contributed by atoms with Crippen LogP contribution in [0.1, 0.15) is 26.2 Å². The Labute approximate surface area is 101 Å². The third-order valence-electron chi connectivity index (χ3n) is 3.08. The maximum Gasteiger partial charge on any atom is 0.220 e. The average molecular weight is 246 g/mol. The van der Waals surface area contributed by atoms with Gasteiger partial charge in [0.15, 0.2) is 0 Å². The number of unbranched alkanes of at least 4 members (excludes halogenated alkanes) is 1. The van der Waals surface area contributed by atoms with E-state index in [1.54, 1.807) is 0 Å². The van der Waals surface area contributed by atoms with Gasteiger partial charge in [0.25, 0.3) is 0 Å². The molecule has 1 rings (SSSR count). The number of rotatable bonds is 6. The molecule has 1 unspecified atom stereocenters. The van der Waals surface area contributed by atoms with Crippen LogP contribution < -0.4 is 10.6 Å². The smallest absolute Gasteiger partial charge is 0.220 e. The van der Waals surface area contributed by atoms with Crippen molar-refractivity contribution in [3.63, 3.8) is 0 Å². The number of carbonyl (C=O) groups is 1. The van der Waals surface area contributed by atoms with Crippen LogP contribution in [0.3, 0.4) is 0 Å². The second-order valence-corrected chi connectivity index (χ2v) is 4.45. The van der Waals surface area contributed by atoms with Crippen molar-refractivity contribution in [1.82, 2.24) is 10.6 Å². The minimum absolute atomic E-state index is 0.0530. The summed E-state index contributed by atoms with van der Waals surface area (Å²) in [7, 11) is 0. The van der Waals surface area contributed by atoms with E-state index in [9.17, 15) is 15.0 Å². The fourth-order valence-corrected chi connectivity index (χ4v) is 1.94. The van der Waals surface area contributed by atoms with Gasteiger partial charge in [0, 0.05) is 13.0 Å². The predicted octanol–water partition coefficient (Wildman–Crippen LogP) is -1.65. The van der Waals surface area contributed by atoms with E-state index >= 15 is 0 Å². The van der Waals surface area contributed by atoms with Gasteiger partial charge in [-0.25, -0.2) is 0 Å². The molecule has 6 nitrogen and oxygen atoms in total. The Morgan fingerprint density at radius 3 is 2.47 bits per heavy atom. The van der Waals surface area contributed by atoms with Crippen LogP contribution in [0.4, 0.5) is 0 Å². The van der Waals surface area contributed by atoms with Gasteiger partial charge < -0.3 is 26.0 Å². The molecule has 0 saturated carbocycles. The highest BCUT2D eigenvalue weighted by molar-refractivity contribution is 5.75. The van der Waals surface area contributed by atoms with Gasteiger partial charge in [-0.3, -0.25) is 4.79 Å². The highest BCUT2D eigenvalue weighted by Crippen LogP contribution is 2.13. The molecule has 0 radical (unpaired) electrons. The Bertz CT molecular complexity index is 250. The summed E-state index contributed by atoms with van der Waals surface area (Å²) in [6, 6.07) is -0.935. The molecule has 1 fully saturated rings. The molecule has 6 heteroatoms. The molecule has 0 aromatic rings. The lowest BCUT2D eigenvalue weighted by molar-refractivity contribution is -0.121. The SMILES string of the molecule is CCCCC(=O)NCC1N[C@H](CO)[C@@H](O)[C@@H]1O. The van der Waals surface area contributed by atoms with Crippen molar-refractivity contribution in [2.45, 2.75) is 50.5 Å². The Morgan fingerprint density at radius 2 is 1.94 bits per heavy atom. The number of nitrogens with one attached hydrogen (secondary N) is 2. The summed E-state index contributed by atoms with van der Waals surface area (Å²) in [4.78, 5) is 11.4. The first-order valence-corrected chi connectivity index (χ1v) is 6.09. The normalized spacial score (nSPS) is 32.7. The maximum absolute atomic E-state index is 11.4. The molecule has 1 heterocycles. The number of carbonyl (C=O) groups excluding carboxylic acids is 1. The molecule has 0 aromatic carbocycles. The van der Waals surface area contributed by atoms with Crippen molar-refractivity contribution in [3.05, 3.63) is 0 Å². The zero-order valence-electron chi connectivity index (χ0n) is 10.1. The predicted molar refractivity (Wildman–Crippen MR) is 62.3 cm³/mol. The van der Waals surface area contributed by atoms with Crippen molar-refractivity contribution in [3.8, 4) is 0 Å². The van der Waals surface area contributed by atoms with E-state index < -0.39 is 24.3 Å². The largest absolute Gasteiger partial charge is 0.395 e. The van der Waals surface area contributed by atoms with E-state index in [-0.39, 0.29) is 19.1 Å². The lowest BCUT2D eigenvalue weighted by atomic mass is 10.1. The molecule has 1 aliphatic heterocycles. The topological polar surface area (TPSA) is 102 Å². The van der Waals surface area contributed by atoms with Crippen molar-refractivity contribution < 1.29 is 20.1 Å². The molecular formula is C11H22N2O4. The molecule has 0 aromatic heterocycles. The summed E-state index contributed by atoms with van der Waals surface area (Å²) >= 11 is 0. The lowest BCUT2D eigenvalue weighted by Crippen LogP contribution is -2.44. The number of amides is 1. The molecule has 17 heavy (non-hydrogen) atoms. The van der Waals surface area contributed by atoms with Crippen LogP contribution >= 0.6 is 0 Å². The fourth-order valence-electron chi connectivity index (χ4n) is 1.94. The molecule has 0 spiro atoms. The Morgan fingerprint density at radius 1 is 1.29 bits per heavy atom. The second-order valence-electron chi connectivity index (χ2n) is 4.45. The van der Waals surface area contributed by atoms with Gasteiger partial charge >= 0.3 is 0 Å². The first kappa shape index (κ1) is 14.4. The molecular weight excluding hydrogens is 224 g/mol.